The van der Waals surface area contributed by atoms with Gasteiger partial charge in [-0.3, -0.25) is 9.59 Å². The van der Waals surface area contributed by atoms with Crippen molar-refractivity contribution in [3.8, 4) is 22.5 Å². The summed E-state index contributed by atoms with van der Waals surface area (Å²) in [5, 5.41) is 14.9. The average Bonchev–Trinajstić information content (AvgIpc) is 3.95. The van der Waals surface area contributed by atoms with Gasteiger partial charge >= 0.3 is 0 Å². The quantitative estimate of drug-likeness (QED) is 0.279. The van der Waals surface area contributed by atoms with Gasteiger partial charge in [-0.2, -0.15) is 5.10 Å². The highest BCUT2D eigenvalue weighted by Crippen LogP contribution is 2.32. The summed E-state index contributed by atoms with van der Waals surface area (Å²) in [5.74, 6) is 0.321. The van der Waals surface area contributed by atoms with Crippen molar-refractivity contribution in [2.24, 2.45) is 5.92 Å². The van der Waals surface area contributed by atoms with E-state index < -0.39 is 0 Å². The Labute approximate surface area is 238 Å². The van der Waals surface area contributed by atoms with Crippen molar-refractivity contribution < 1.29 is 14.3 Å². The number of rotatable bonds is 9. The molecule has 2 aromatic heterocycles. The van der Waals surface area contributed by atoms with Gasteiger partial charge in [-0.1, -0.05) is 36.4 Å². The second-order valence-electron chi connectivity index (χ2n) is 11.3. The molecule has 1 aliphatic heterocycles. The Bertz CT molecular complexity index is 1600. The van der Waals surface area contributed by atoms with Crippen LogP contribution in [0.25, 0.3) is 28.2 Å². The predicted octanol–water partition coefficient (Wildman–Crippen LogP) is 4.69. The molecule has 4 aromatic rings. The molecule has 2 aliphatic carbocycles. The van der Waals surface area contributed by atoms with E-state index in [4.69, 9.17) is 14.8 Å². The molecule has 2 aromatic carbocycles. The van der Waals surface area contributed by atoms with Gasteiger partial charge in [0.1, 0.15) is 0 Å². The lowest BCUT2D eigenvalue weighted by Gasteiger charge is -2.23. The maximum atomic E-state index is 13.2. The van der Waals surface area contributed by atoms with Crippen LogP contribution in [0.3, 0.4) is 0 Å². The number of carbonyl (C=O) groups is 2. The van der Waals surface area contributed by atoms with E-state index in [0.29, 0.717) is 28.4 Å². The van der Waals surface area contributed by atoms with Crippen molar-refractivity contribution >= 4 is 23.1 Å². The lowest BCUT2D eigenvalue weighted by Crippen LogP contribution is -2.26. The third-order valence-electron chi connectivity index (χ3n) is 8.11. The molecule has 9 heteroatoms. The van der Waals surface area contributed by atoms with Gasteiger partial charge in [0.05, 0.1) is 23.3 Å². The number of carbonyl (C=O) groups excluding carboxylic acids is 2. The maximum absolute atomic E-state index is 13.2. The normalized spacial score (nSPS) is 17.4. The van der Waals surface area contributed by atoms with E-state index in [2.05, 4.69) is 16.0 Å². The number of amides is 2. The highest BCUT2D eigenvalue weighted by atomic mass is 16.5. The van der Waals surface area contributed by atoms with Crippen molar-refractivity contribution in [3.63, 3.8) is 0 Å². The number of hydrogen-bond acceptors (Lipinski definition) is 6. The first-order valence-corrected chi connectivity index (χ1v) is 14.6. The lowest BCUT2D eigenvalue weighted by molar-refractivity contribution is 0.0699. The summed E-state index contributed by atoms with van der Waals surface area (Å²) in [6, 6.07) is 17.7. The highest BCUT2D eigenvalue weighted by molar-refractivity contribution is 6.02. The molecular weight excluding hydrogens is 516 g/mol. The zero-order chi connectivity index (χ0) is 27.8. The molecule has 2 saturated carbocycles. The molecule has 41 heavy (non-hydrogen) atoms. The Kier molecular flexibility index (Phi) is 6.88. The summed E-state index contributed by atoms with van der Waals surface area (Å²) in [7, 11) is 0. The molecule has 3 N–H and O–H groups in total. The molecule has 3 aliphatic rings. The molecule has 7 rings (SSSR count). The van der Waals surface area contributed by atoms with Gasteiger partial charge < -0.3 is 20.7 Å². The molecule has 0 radical (unpaired) electrons. The van der Waals surface area contributed by atoms with Gasteiger partial charge in [-0.25, -0.2) is 9.50 Å². The zero-order valence-electron chi connectivity index (χ0n) is 22.9. The first-order chi connectivity index (χ1) is 20.1. The smallest absolute Gasteiger partial charge is 0.252 e. The summed E-state index contributed by atoms with van der Waals surface area (Å²) in [4.78, 5) is 31.1. The summed E-state index contributed by atoms with van der Waals surface area (Å²) in [6.07, 6.45) is 7.87. The Morgan fingerprint density at radius 1 is 0.829 bits per heavy atom. The Morgan fingerprint density at radius 2 is 1.44 bits per heavy atom. The SMILES string of the molecule is O=C(NC1CC1)c1ccccc1-c1cc(NCC2CCOCC2)c2ncc(-c3ccccc3C(=O)NC3CC3)n2n1. The van der Waals surface area contributed by atoms with Crippen LogP contribution in [-0.2, 0) is 4.74 Å². The number of ether oxygens (including phenoxy) is 1. The van der Waals surface area contributed by atoms with Crippen molar-refractivity contribution in [2.45, 2.75) is 50.6 Å². The molecule has 210 valence electrons. The third-order valence-corrected chi connectivity index (χ3v) is 8.11. The van der Waals surface area contributed by atoms with Gasteiger partial charge in [0.2, 0.25) is 0 Å². The van der Waals surface area contributed by atoms with Crippen LogP contribution in [-0.4, -0.2) is 58.3 Å². The molecule has 3 fully saturated rings. The van der Waals surface area contributed by atoms with E-state index in [9.17, 15) is 9.59 Å². The molecule has 3 heterocycles. The minimum atomic E-state index is -0.0887. The molecule has 0 atom stereocenters. The number of benzene rings is 2. The minimum absolute atomic E-state index is 0.0883. The van der Waals surface area contributed by atoms with Gasteiger partial charge in [0.15, 0.2) is 5.65 Å². The standard InChI is InChI=1S/C32H34N6O3/c39-31(35-21-9-10-21)25-7-3-1-5-23(25)27-17-28(33-18-20-13-15-41-16-14-20)30-34-19-29(38(30)37-27)24-6-2-4-8-26(24)32(40)36-22-11-12-22/h1-8,17,19-22,33H,9-16,18H2,(H,35,39)(H,36,40). The number of nitrogens with one attached hydrogen (secondary N) is 3. The van der Waals surface area contributed by atoms with E-state index in [1.54, 1.807) is 10.7 Å². The van der Waals surface area contributed by atoms with Crippen LogP contribution in [0.1, 0.15) is 59.2 Å². The van der Waals surface area contributed by atoms with E-state index in [1.165, 1.54) is 0 Å². The zero-order valence-corrected chi connectivity index (χ0v) is 22.9. The number of hydrogen-bond donors (Lipinski definition) is 3. The van der Waals surface area contributed by atoms with Crippen molar-refractivity contribution in [3.05, 3.63) is 71.9 Å². The average molecular weight is 551 g/mol. The van der Waals surface area contributed by atoms with Crippen molar-refractivity contribution in [2.75, 3.05) is 25.1 Å². The molecule has 0 bridgehead atoms. The largest absolute Gasteiger partial charge is 0.382 e. The van der Waals surface area contributed by atoms with Crippen LogP contribution in [0, 0.1) is 5.92 Å². The van der Waals surface area contributed by atoms with Gasteiger partial charge in [-0.15, -0.1) is 0 Å². The van der Waals surface area contributed by atoms with Crippen LogP contribution >= 0.6 is 0 Å². The molecule has 2 amide bonds. The Hall–Kier alpha value is -4.24. The van der Waals surface area contributed by atoms with Gasteiger partial charge in [0.25, 0.3) is 11.8 Å². The third kappa shape index (κ3) is 5.54. The molecule has 1 saturated heterocycles. The van der Waals surface area contributed by atoms with Crippen LogP contribution < -0.4 is 16.0 Å². The fourth-order valence-electron chi connectivity index (χ4n) is 5.41. The summed E-state index contributed by atoms with van der Waals surface area (Å²) >= 11 is 0. The van der Waals surface area contributed by atoms with Crippen LogP contribution in [0.2, 0.25) is 0 Å². The van der Waals surface area contributed by atoms with Crippen LogP contribution in [0.4, 0.5) is 5.69 Å². The van der Waals surface area contributed by atoms with Gasteiger partial charge in [-0.05, 0) is 62.6 Å². The topological polar surface area (TPSA) is 110 Å². The summed E-state index contributed by atoms with van der Waals surface area (Å²) in [5.41, 5.74) is 5.59. The first-order valence-electron chi connectivity index (χ1n) is 14.6. The van der Waals surface area contributed by atoms with E-state index in [-0.39, 0.29) is 23.9 Å². The molecule has 0 spiro atoms. The number of fused-ring (bicyclic) bond motifs is 1. The van der Waals surface area contributed by atoms with Crippen LogP contribution in [0.5, 0.6) is 0 Å². The van der Waals surface area contributed by atoms with E-state index in [1.807, 2.05) is 54.6 Å². The monoisotopic (exact) mass is 550 g/mol. The lowest BCUT2D eigenvalue weighted by atomic mass is 10.00. The number of imidazole rings is 1. The van der Waals surface area contributed by atoms with Gasteiger partial charge in [0, 0.05) is 54.1 Å². The number of anilines is 1. The van der Waals surface area contributed by atoms with Crippen LogP contribution in [0.15, 0.2) is 60.8 Å². The second-order valence-corrected chi connectivity index (χ2v) is 11.3. The maximum Gasteiger partial charge on any atom is 0.252 e. The molecule has 9 nitrogen and oxygen atoms in total. The second kappa shape index (κ2) is 11.0. The Morgan fingerprint density at radius 3 is 2.10 bits per heavy atom. The van der Waals surface area contributed by atoms with Crippen molar-refractivity contribution in [1.29, 1.82) is 0 Å². The number of nitrogens with zero attached hydrogens (tertiary/aromatic N) is 3. The van der Waals surface area contributed by atoms with E-state index >= 15 is 0 Å². The summed E-state index contributed by atoms with van der Waals surface area (Å²) < 4.78 is 7.36. The fourth-order valence-corrected chi connectivity index (χ4v) is 5.41. The number of aromatic nitrogens is 3. The molecular formula is C32H34N6O3. The Balaban J connectivity index is 1.32. The fraction of sp³-hybridized carbons (Fsp3) is 0.375. The summed E-state index contributed by atoms with van der Waals surface area (Å²) in [6.45, 7) is 2.34. The van der Waals surface area contributed by atoms with E-state index in [0.717, 1.165) is 80.8 Å². The molecule has 0 unspecified atom stereocenters. The highest BCUT2D eigenvalue weighted by Gasteiger charge is 2.27. The van der Waals surface area contributed by atoms with Crippen molar-refractivity contribution in [1.82, 2.24) is 25.2 Å². The predicted molar refractivity (Wildman–Crippen MR) is 157 cm³/mol. The minimum Gasteiger partial charge on any atom is -0.382 e. The first kappa shape index (κ1) is 25.7.